The third-order valence-electron chi connectivity index (χ3n) is 5.71. The van der Waals surface area contributed by atoms with Crippen LogP contribution >= 0.6 is 0 Å². The Morgan fingerprint density at radius 3 is 2.72 bits per heavy atom. The van der Waals surface area contributed by atoms with E-state index in [1.165, 1.54) is 6.07 Å². The summed E-state index contributed by atoms with van der Waals surface area (Å²) in [7, 11) is -3.40. The number of nitrogens with zero attached hydrogens (tertiary/aromatic N) is 3. The molecule has 1 aliphatic heterocycles. The minimum atomic E-state index is -3.40. The minimum Gasteiger partial charge on any atom is -0.346 e. The molecule has 0 saturated carbocycles. The van der Waals surface area contributed by atoms with Crippen LogP contribution in [0.2, 0.25) is 0 Å². The van der Waals surface area contributed by atoms with Gasteiger partial charge in [-0.3, -0.25) is 14.5 Å². The highest BCUT2D eigenvalue weighted by molar-refractivity contribution is 7.90. The molecule has 0 bridgehead atoms. The van der Waals surface area contributed by atoms with Crippen molar-refractivity contribution in [1.82, 2.24) is 25.4 Å². The highest BCUT2D eigenvalue weighted by atomic mass is 32.2. The topological polar surface area (TPSA) is 106 Å². The molecule has 0 atom stereocenters. The number of sulfone groups is 1. The standard InChI is InChI=1S/C23H27N5O3S/c1-16-3-4-18(12-22(16)32(2,30)31)23(29)26-14-20-11-17(5-10-25-20)19-13-27-28(15-19)21-6-8-24-9-7-21/h3-5,10-13,15,21,24H,6-9,14H2,1-2H3,(H,26,29). The smallest absolute Gasteiger partial charge is 0.251 e. The van der Waals surface area contributed by atoms with E-state index in [2.05, 4.69) is 26.9 Å². The van der Waals surface area contributed by atoms with Crippen LogP contribution in [0.25, 0.3) is 11.1 Å². The maximum Gasteiger partial charge on any atom is 0.251 e. The van der Waals surface area contributed by atoms with Gasteiger partial charge in [-0.25, -0.2) is 8.42 Å². The van der Waals surface area contributed by atoms with Crippen LogP contribution in [0.3, 0.4) is 0 Å². The number of nitrogens with one attached hydrogen (secondary N) is 2. The molecule has 168 valence electrons. The first-order valence-corrected chi connectivity index (χ1v) is 12.5. The van der Waals surface area contributed by atoms with Gasteiger partial charge in [-0.05, 0) is 68.2 Å². The van der Waals surface area contributed by atoms with E-state index in [-0.39, 0.29) is 17.3 Å². The number of hydrogen-bond acceptors (Lipinski definition) is 6. The zero-order valence-corrected chi connectivity index (χ0v) is 19.0. The van der Waals surface area contributed by atoms with Crippen molar-refractivity contribution in [3.8, 4) is 11.1 Å². The van der Waals surface area contributed by atoms with Gasteiger partial charge in [0.2, 0.25) is 0 Å². The lowest BCUT2D eigenvalue weighted by Crippen LogP contribution is -2.29. The molecule has 1 aromatic carbocycles. The Kier molecular flexibility index (Phi) is 6.38. The Labute approximate surface area is 188 Å². The molecule has 32 heavy (non-hydrogen) atoms. The van der Waals surface area contributed by atoms with E-state index in [4.69, 9.17) is 0 Å². The fourth-order valence-electron chi connectivity index (χ4n) is 3.93. The molecule has 1 fully saturated rings. The number of aromatic nitrogens is 3. The predicted octanol–water partition coefficient (Wildman–Crippen LogP) is 2.51. The number of benzene rings is 1. The van der Waals surface area contributed by atoms with E-state index in [1.54, 1.807) is 25.3 Å². The number of rotatable bonds is 6. The average molecular weight is 454 g/mol. The third kappa shape index (κ3) is 5.05. The third-order valence-corrected chi connectivity index (χ3v) is 6.95. The van der Waals surface area contributed by atoms with Crippen LogP contribution in [0.15, 0.2) is 53.8 Å². The number of aryl methyl sites for hydroxylation is 1. The average Bonchev–Trinajstić information content (AvgIpc) is 3.28. The predicted molar refractivity (Wildman–Crippen MR) is 122 cm³/mol. The molecule has 3 aromatic rings. The summed E-state index contributed by atoms with van der Waals surface area (Å²) in [4.78, 5) is 17.1. The number of carbonyl (C=O) groups excluding carboxylic acids is 1. The van der Waals surface area contributed by atoms with E-state index in [9.17, 15) is 13.2 Å². The molecule has 0 spiro atoms. The van der Waals surface area contributed by atoms with Gasteiger partial charge in [0, 0.05) is 29.8 Å². The summed E-state index contributed by atoms with van der Waals surface area (Å²) in [6, 6.07) is 8.95. The van der Waals surface area contributed by atoms with Crippen LogP contribution in [-0.4, -0.2) is 48.4 Å². The summed E-state index contributed by atoms with van der Waals surface area (Å²) in [5.74, 6) is -0.346. The van der Waals surface area contributed by atoms with Gasteiger partial charge in [0.25, 0.3) is 5.91 Å². The number of piperidine rings is 1. The Morgan fingerprint density at radius 1 is 1.19 bits per heavy atom. The lowest BCUT2D eigenvalue weighted by atomic mass is 10.1. The number of carbonyl (C=O) groups is 1. The Balaban J connectivity index is 1.45. The van der Waals surface area contributed by atoms with Crippen molar-refractivity contribution >= 4 is 15.7 Å². The zero-order chi connectivity index (χ0) is 22.7. The fourth-order valence-corrected chi connectivity index (χ4v) is 4.92. The summed E-state index contributed by atoms with van der Waals surface area (Å²) in [5, 5.41) is 10.7. The molecule has 3 heterocycles. The number of amides is 1. The van der Waals surface area contributed by atoms with Crippen molar-refractivity contribution < 1.29 is 13.2 Å². The zero-order valence-electron chi connectivity index (χ0n) is 18.2. The van der Waals surface area contributed by atoms with E-state index >= 15 is 0 Å². The van der Waals surface area contributed by atoms with Gasteiger partial charge in [-0.2, -0.15) is 5.10 Å². The normalized spacial score (nSPS) is 14.9. The van der Waals surface area contributed by atoms with Gasteiger partial charge < -0.3 is 10.6 Å². The number of hydrogen-bond donors (Lipinski definition) is 2. The molecular weight excluding hydrogens is 426 g/mol. The molecule has 2 N–H and O–H groups in total. The van der Waals surface area contributed by atoms with Crippen LogP contribution in [0.5, 0.6) is 0 Å². The minimum absolute atomic E-state index is 0.163. The van der Waals surface area contributed by atoms with E-state index in [0.717, 1.165) is 43.3 Å². The van der Waals surface area contributed by atoms with Crippen molar-refractivity contribution in [2.75, 3.05) is 19.3 Å². The second-order valence-corrected chi connectivity index (χ2v) is 10.1. The molecular formula is C23H27N5O3S. The highest BCUT2D eigenvalue weighted by Crippen LogP contribution is 2.24. The molecule has 8 nitrogen and oxygen atoms in total. The van der Waals surface area contributed by atoms with Crippen molar-refractivity contribution in [3.63, 3.8) is 0 Å². The fraction of sp³-hybridized carbons (Fsp3) is 0.348. The van der Waals surface area contributed by atoms with E-state index < -0.39 is 9.84 Å². The van der Waals surface area contributed by atoms with Gasteiger partial charge in [0.1, 0.15) is 0 Å². The second kappa shape index (κ2) is 9.22. The first-order chi connectivity index (χ1) is 15.3. The monoisotopic (exact) mass is 453 g/mol. The van der Waals surface area contributed by atoms with Crippen molar-refractivity contribution in [2.24, 2.45) is 0 Å². The molecule has 9 heteroatoms. The molecule has 2 aromatic heterocycles. The summed E-state index contributed by atoms with van der Waals surface area (Å²) < 4.78 is 25.9. The summed E-state index contributed by atoms with van der Waals surface area (Å²) in [5.41, 5.74) is 3.62. The molecule has 0 aliphatic carbocycles. The van der Waals surface area contributed by atoms with Crippen LogP contribution in [0.1, 0.15) is 40.5 Å². The SMILES string of the molecule is Cc1ccc(C(=O)NCc2cc(-c3cnn(C4CCNCC4)c3)ccn2)cc1S(C)(=O)=O. The maximum absolute atomic E-state index is 12.6. The Hall–Kier alpha value is -3.04. The maximum atomic E-state index is 12.6. The molecule has 1 saturated heterocycles. The van der Waals surface area contributed by atoms with Crippen LogP contribution in [-0.2, 0) is 16.4 Å². The Morgan fingerprint density at radius 2 is 1.97 bits per heavy atom. The lowest BCUT2D eigenvalue weighted by Gasteiger charge is -2.22. The summed E-state index contributed by atoms with van der Waals surface area (Å²) in [6.45, 7) is 3.95. The second-order valence-electron chi connectivity index (χ2n) is 8.16. The highest BCUT2D eigenvalue weighted by Gasteiger charge is 2.17. The molecule has 4 rings (SSSR count). The molecule has 0 unspecified atom stereocenters. The Bertz CT molecular complexity index is 1230. The van der Waals surface area contributed by atoms with Gasteiger partial charge in [0.15, 0.2) is 9.84 Å². The van der Waals surface area contributed by atoms with Crippen molar-refractivity contribution in [2.45, 2.75) is 37.2 Å². The first-order valence-electron chi connectivity index (χ1n) is 10.6. The summed E-state index contributed by atoms with van der Waals surface area (Å²) >= 11 is 0. The van der Waals surface area contributed by atoms with E-state index in [1.807, 2.05) is 23.0 Å². The lowest BCUT2D eigenvalue weighted by molar-refractivity contribution is 0.0950. The summed E-state index contributed by atoms with van der Waals surface area (Å²) in [6.07, 6.45) is 8.90. The molecule has 1 aliphatic rings. The van der Waals surface area contributed by atoms with Crippen molar-refractivity contribution in [3.05, 3.63) is 65.7 Å². The van der Waals surface area contributed by atoms with Crippen LogP contribution < -0.4 is 10.6 Å². The first kappa shape index (κ1) is 22.2. The van der Waals surface area contributed by atoms with Gasteiger partial charge >= 0.3 is 0 Å². The van der Waals surface area contributed by atoms with Gasteiger partial charge in [-0.1, -0.05) is 6.07 Å². The van der Waals surface area contributed by atoms with Gasteiger partial charge in [-0.15, -0.1) is 0 Å². The number of pyridine rings is 1. The largest absolute Gasteiger partial charge is 0.346 e. The molecule has 0 radical (unpaired) electrons. The molecule has 1 amide bonds. The van der Waals surface area contributed by atoms with E-state index in [0.29, 0.717) is 22.9 Å². The quantitative estimate of drug-likeness (QED) is 0.594. The van der Waals surface area contributed by atoms with Crippen LogP contribution in [0, 0.1) is 6.92 Å². The van der Waals surface area contributed by atoms with Crippen LogP contribution in [0.4, 0.5) is 0 Å². The van der Waals surface area contributed by atoms with Crippen molar-refractivity contribution in [1.29, 1.82) is 0 Å². The van der Waals surface area contributed by atoms with Gasteiger partial charge in [0.05, 0.1) is 29.4 Å².